The van der Waals surface area contributed by atoms with Crippen molar-refractivity contribution >= 4 is 16.8 Å². The lowest BCUT2D eigenvalue weighted by Crippen LogP contribution is -2.45. The average Bonchev–Trinajstić information content (AvgIpc) is 3.09. The van der Waals surface area contributed by atoms with Crippen LogP contribution >= 0.6 is 0 Å². The van der Waals surface area contributed by atoms with Gasteiger partial charge in [-0.1, -0.05) is 36.3 Å². The van der Waals surface area contributed by atoms with Crippen molar-refractivity contribution in [3.8, 4) is 5.69 Å². The molecule has 3 aromatic rings. The van der Waals surface area contributed by atoms with Gasteiger partial charge in [0.1, 0.15) is 0 Å². The molecule has 2 aromatic heterocycles. The van der Waals surface area contributed by atoms with Gasteiger partial charge in [-0.2, -0.15) is 0 Å². The number of nitrogens with two attached hydrogens (primary N) is 1. The fraction of sp³-hybridized carbons (Fsp3) is 0.400. The van der Waals surface area contributed by atoms with Gasteiger partial charge in [-0.15, -0.1) is 5.10 Å². The lowest BCUT2D eigenvalue weighted by atomic mass is 9.84. The smallest absolute Gasteiger partial charge is 0.273 e. The van der Waals surface area contributed by atoms with E-state index in [0.29, 0.717) is 23.9 Å². The summed E-state index contributed by atoms with van der Waals surface area (Å²) >= 11 is 0. The lowest BCUT2D eigenvalue weighted by molar-refractivity contribution is 0.0902. The molecule has 0 spiro atoms. The molecule has 1 aromatic carbocycles. The molecule has 1 saturated carbocycles. The van der Waals surface area contributed by atoms with Gasteiger partial charge in [-0.3, -0.25) is 9.78 Å². The molecule has 0 aliphatic heterocycles. The highest BCUT2D eigenvalue weighted by molar-refractivity contribution is 5.94. The molecule has 7 heteroatoms. The summed E-state index contributed by atoms with van der Waals surface area (Å²) in [7, 11) is 0. The quantitative estimate of drug-likeness (QED) is 0.740. The van der Waals surface area contributed by atoms with Gasteiger partial charge >= 0.3 is 0 Å². The van der Waals surface area contributed by atoms with Crippen molar-refractivity contribution in [3.05, 3.63) is 47.9 Å². The second kappa shape index (κ2) is 7.44. The van der Waals surface area contributed by atoms with Crippen LogP contribution in [0, 0.1) is 12.8 Å². The molecule has 1 aliphatic rings. The first-order valence-electron chi connectivity index (χ1n) is 9.46. The number of amides is 1. The predicted octanol–water partition coefficient (Wildman–Crippen LogP) is 2.37. The maximum absolute atomic E-state index is 12.8. The van der Waals surface area contributed by atoms with Crippen molar-refractivity contribution in [2.45, 2.75) is 38.6 Å². The van der Waals surface area contributed by atoms with Crippen molar-refractivity contribution in [2.75, 3.05) is 6.54 Å². The number of hydrogen-bond donors (Lipinski definition) is 2. The van der Waals surface area contributed by atoms with E-state index in [1.807, 2.05) is 37.3 Å². The topological polar surface area (TPSA) is 98.7 Å². The zero-order chi connectivity index (χ0) is 18.8. The van der Waals surface area contributed by atoms with Gasteiger partial charge in [-0.25, -0.2) is 4.68 Å². The number of nitrogens with one attached hydrogen (secondary N) is 1. The molecular formula is C20H24N6O. The summed E-state index contributed by atoms with van der Waals surface area (Å²) in [6, 6.07) is 9.90. The molecule has 1 fully saturated rings. The molecule has 0 bridgehead atoms. The van der Waals surface area contributed by atoms with Crippen LogP contribution in [0.4, 0.5) is 0 Å². The first-order valence-corrected chi connectivity index (χ1v) is 9.46. The van der Waals surface area contributed by atoms with Gasteiger partial charge in [0.2, 0.25) is 0 Å². The number of carbonyl (C=O) groups is 1. The summed E-state index contributed by atoms with van der Waals surface area (Å²) in [5.74, 6) is 0.151. The first kappa shape index (κ1) is 17.6. The van der Waals surface area contributed by atoms with Crippen LogP contribution in [0.3, 0.4) is 0 Å². The summed E-state index contributed by atoms with van der Waals surface area (Å²) in [6.45, 7) is 2.45. The third-order valence-electron chi connectivity index (χ3n) is 5.48. The van der Waals surface area contributed by atoms with Crippen LogP contribution in [0.25, 0.3) is 16.6 Å². The summed E-state index contributed by atoms with van der Waals surface area (Å²) in [4.78, 5) is 17.3. The molecule has 140 valence electrons. The number of pyridine rings is 1. The Morgan fingerprint density at radius 3 is 2.93 bits per heavy atom. The van der Waals surface area contributed by atoms with E-state index in [0.717, 1.165) is 35.9 Å². The van der Waals surface area contributed by atoms with E-state index in [9.17, 15) is 4.79 Å². The molecule has 7 nitrogen and oxygen atoms in total. The fourth-order valence-electron chi connectivity index (χ4n) is 3.94. The average molecular weight is 364 g/mol. The second-order valence-corrected chi connectivity index (χ2v) is 7.15. The van der Waals surface area contributed by atoms with E-state index < -0.39 is 0 Å². The van der Waals surface area contributed by atoms with Crippen molar-refractivity contribution < 1.29 is 4.79 Å². The van der Waals surface area contributed by atoms with Crippen LogP contribution in [-0.2, 0) is 0 Å². The van der Waals surface area contributed by atoms with Crippen molar-refractivity contribution in [2.24, 2.45) is 11.7 Å². The summed E-state index contributed by atoms with van der Waals surface area (Å²) in [6.07, 6.45) is 6.08. The number of para-hydroxylation sites is 1. The van der Waals surface area contributed by atoms with Crippen LogP contribution in [0.5, 0.6) is 0 Å². The van der Waals surface area contributed by atoms with E-state index in [4.69, 9.17) is 5.73 Å². The first-order chi connectivity index (χ1) is 13.2. The highest BCUT2D eigenvalue weighted by Crippen LogP contribution is 2.25. The number of rotatable bonds is 4. The largest absolute Gasteiger partial charge is 0.348 e. The van der Waals surface area contributed by atoms with Gasteiger partial charge in [0.05, 0.1) is 16.9 Å². The minimum atomic E-state index is -0.183. The maximum atomic E-state index is 12.8. The fourth-order valence-corrected chi connectivity index (χ4v) is 3.94. The molecule has 2 unspecified atom stereocenters. The number of aromatic nitrogens is 4. The van der Waals surface area contributed by atoms with Gasteiger partial charge in [0, 0.05) is 17.6 Å². The van der Waals surface area contributed by atoms with E-state index in [1.54, 1.807) is 10.9 Å². The summed E-state index contributed by atoms with van der Waals surface area (Å²) in [5.41, 5.74) is 8.58. The van der Waals surface area contributed by atoms with E-state index in [2.05, 4.69) is 20.6 Å². The molecule has 27 heavy (non-hydrogen) atoms. The summed E-state index contributed by atoms with van der Waals surface area (Å²) in [5, 5.41) is 12.5. The predicted molar refractivity (Wildman–Crippen MR) is 104 cm³/mol. The van der Waals surface area contributed by atoms with E-state index in [1.165, 1.54) is 6.42 Å². The standard InChI is InChI=1S/C20H24N6O/c1-13-18(20(27)23-16-9-3-2-6-15(16)12-21)24-25-26(13)17-10-4-7-14-8-5-11-22-19(14)17/h4-5,7-8,10-11,15-16H,2-3,6,9,12,21H2,1H3,(H,23,27). The van der Waals surface area contributed by atoms with E-state index >= 15 is 0 Å². The monoisotopic (exact) mass is 364 g/mol. The molecule has 0 radical (unpaired) electrons. The molecule has 2 atom stereocenters. The zero-order valence-corrected chi connectivity index (χ0v) is 15.4. The normalized spacial score (nSPS) is 19.9. The number of fused-ring (bicyclic) bond motifs is 1. The Morgan fingerprint density at radius 1 is 1.26 bits per heavy atom. The third kappa shape index (κ3) is 3.30. The Labute approximate surface area is 158 Å². The SMILES string of the molecule is Cc1c(C(=O)NC2CCCCC2CN)nnn1-c1cccc2cccnc12. The Hall–Kier alpha value is -2.80. The molecule has 2 heterocycles. The number of nitrogens with zero attached hydrogens (tertiary/aromatic N) is 4. The van der Waals surface area contributed by atoms with Crippen LogP contribution in [0.1, 0.15) is 41.9 Å². The Morgan fingerprint density at radius 2 is 2.07 bits per heavy atom. The highest BCUT2D eigenvalue weighted by Gasteiger charge is 2.27. The van der Waals surface area contributed by atoms with Crippen LogP contribution in [-0.4, -0.2) is 38.5 Å². The van der Waals surface area contributed by atoms with E-state index in [-0.39, 0.29) is 11.9 Å². The Kier molecular flexibility index (Phi) is 4.85. The maximum Gasteiger partial charge on any atom is 0.273 e. The van der Waals surface area contributed by atoms with Gasteiger partial charge in [0.25, 0.3) is 5.91 Å². The van der Waals surface area contributed by atoms with Crippen LogP contribution < -0.4 is 11.1 Å². The molecular weight excluding hydrogens is 340 g/mol. The number of benzene rings is 1. The molecule has 4 rings (SSSR count). The summed E-state index contributed by atoms with van der Waals surface area (Å²) < 4.78 is 1.69. The second-order valence-electron chi connectivity index (χ2n) is 7.15. The number of hydrogen-bond acceptors (Lipinski definition) is 5. The van der Waals surface area contributed by atoms with Crippen LogP contribution in [0.15, 0.2) is 36.5 Å². The highest BCUT2D eigenvalue weighted by atomic mass is 16.2. The number of carbonyl (C=O) groups excluding carboxylic acids is 1. The Bertz CT molecular complexity index is 961. The molecule has 3 N–H and O–H groups in total. The van der Waals surface area contributed by atoms with Gasteiger partial charge < -0.3 is 11.1 Å². The minimum absolute atomic E-state index is 0.111. The lowest BCUT2D eigenvalue weighted by Gasteiger charge is -2.31. The van der Waals surface area contributed by atoms with Crippen molar-refractivity contribution in [1.29, 1.82) is 0 Å². The minimum Gasteiger partial charge on any atom is -0.348 e. The Balaban J connectivity index is 1.63. The van der Waals surface area contributed by atoms with Gasteiger partial charge in [-0.05, 0) is 44.4 Å². The van der Waals surface area contributed by atoms with Crippen molar-refractivity contribution in [3.63, 3.8) is 0 Å². The molecule has 1 aliphatic carbocycles. The van der Waals surface area contributed by atoms with Crippen molar-refractivity contribution in [1.82, 2.24) is 25.3 Å². The van der Waals surface area contributed by atoms with Crippen LogP contribution in [0.2, 0.25) is 0 Å². The van der Waals surface area contributed by atoms with Gasteiger partial charge in [0.15, 0.2) is 5.69 Å². The molecule has 0 saturated heterocycles. The zero-order valence-electron chi connectivity index (χ0n) is 15.4. The third-order valence-corrected chi connectivity index (χ3v) is 5.48. The molecule has 1 amide bonds.